The van der Waals surface area contributed by atoms with E-state index in [4.69, 9.17) is 4.74 Å². The first kappa shape index (κ1) is 10.2. The molecule has 80 valence electrons. The van der Waals surface area contributed by atoms with Gasteiger partial charge in [-0.2, -0.15) is 0 Å². The van der Waals surface area contributed by atoms with Gasteiger partial charge in [0.25, 0.3) is 0 Å². The second kappa shape index (κ2) is 4.03. The normalized spacial score (nSPS) is 11.1. The van der Waals surface area contributed by atoms with Crippen molar-refractivity contribution in [1.29, 1.82) is 0 Å². The summed E-state index contributed by atoms with van der Waals surface area (Å²) in [7, 11) is 1.91. The van der Waals surface area contributed by atoms with Crippen molar-refractivity contribution in [3.8, 4) is 0 Å². The number of hydrogen-bond acceptors (Lipinski definition) is 1. The lowest BCUT2D eigenvalue weighted by atomic mass is 10.2. The highest BCUT2D eigenvalue weighted by atomic mass is 19.1. The largest absolute Gasteiger partial charge is 0.377 e. The smallest absolute Gasteiger partial charge is 0.125 e. The molecule has 0 aliphatic heterocycles. The van der Waals surface area contributed by atoms with Crippen molar-refractivity contribution in [1.82, 2.24) is 4.57 Å². The van der Waals surface area contributed by atoms with Crippen molar-refractivity contribution in [2.45, 2.75) is 13.5 Å². The minimum absolute atomic E-state index is 0.202. The lowest BCUT2D eigenvalue weighted by molar-refractivity contribution is 0.135. The highest BCUT2D eigenvalue weighted by Crippen LogP contribution is 2.22. The number of halogens is 1. The topological polar surface area (TPSA) is 14.2 Å². The predicted molar refractivity (Wildman–Crippen MR) is 58.2 cm³/mol. The van der Waals surface area contributed by atoms with Gasteiger partial charge in [0.2, 0.25) is 0 Å². The maximum absolute atomic E-state index is 13.0. The molecule has 0 atom stereocenters. The summed E-state index contributed by atoms with van der Waals surface area (Å²) in [5, 5.41) is 1.06. The zero-order valence-electron chi connectivity index (χ0n) is 8.96. The number of aryl methyl sites for hydroxylation is 1. The van der Waals surface area contributed by atoms with E-state index in [1.54, 1.807) is 12.1 Å². The Balaban J connectivity index is 2.48. The van der Waals surface area contributed by atoms with Crippen molar-refractivity contribution >= 4 is 10.9 Å². The van der Waals surface area contributed by atoms with Crippen molar-refractivity contribution < 1.29 is 9.13 Å². The Morgan fingerprint density at radius 2 is 2.20 bits per heavy atom. The van der Waals surface area contributed by atoms with E-state index in [1.807, 2.05) is 24.7 Å². The summed E-state index contributed by atoms with van der Waals surface area (Å²) < 4.78 is 20.3. The molecular formula is C12H14FNO. The maximum atomic E-state index is 13.0. The molecule has 1 aromatic heterocycles. The quantitative estimate of drug-likeness (QED) is 0.754. The Bertz CT molecular complexity index is 476. The van der Waals surface area contributed by atoms with Crippen LogP contribution in [0.1, 0.15) is 12.5 Å². The third-order valence-electron chi connectivity index (χ3n) is 2.50. The monoisotopic (exact) mass is 207 g/mol. The third kappa shape index (κ3) is 1.88. The number of ether oxygens (including phenoxy) is 1. The first-order chi connectivity index (χ1) is 7.22. The van der Waals surface area contributed by atoms with Crippen molar-refractivity contribution in [2.24, 2.45) is 7.05 Å². The molecule has 0 spiro atoms. The minimum Gasteiger partial charge on any atom is -0.377 e. The Hall–Kier alpha value is -1.35. The number of nitrogens with zero attached hydrogens (tertiary/aromatic N) is 1. The summed E-state index contributed by atoms with van der Waals surface area (Å²) in [5.41, 5.74) is 2.01. The maximum Gasteiger partial charge on any atom is 0.125 e. The van der Waals surface area contributed by atoms with Gasteiger partial charge in [-0.25, -0.2) is 4.39 Å². The fraction of sp³-hybridized carbons (Fsp3) is 0.333. The SMILES string of the molecule is CCOCc1cn(C)c2cc(F)ccc12. The van der Waals surface area contributed by atoms with Crippen molar-refractivity contribution in [3.63, 3.8) is 0 Å². The molecule has 1 aromatic carbocycles. The fourth-order valence-corrected chi connectivity index (χ4v) is 1.77. The van der Waals surface area contributed by atoms with Gasteiger partial charge < -0.3 is 9.30 Å². The van der Waals surface area contributed by atoms with E-state index in [0.717, 1.165) is 16.5 Å². The zero-order chi connectivity index (χ0) is 10.8. The van der Waals surface area contributed by atoms with E-state index in [0.29, 0.717) is 13.2 Å². The van der Waals surface area contributed by atoms with Crippen LogP contribution in [0.15, 0.2) is 24.4 Å². The predicted octanol–water partition coefficient (Wildman–Crippen LogP) is 2.85. The van der Waals surface area contributed by atoms with E-state index in [2.05, 4.69) is 0 Å². The summed E-state index contributed by atoms with van der Waals surface area (Å²) in [5.74, 6) is -0.202. The summed E-state index contributed by atoms with van der Waals surface area (Å²) >= 11 is 0. The van der Waals surface area contributed by atoms with Crippen LogP contribution in [-0.4, -0.2) is 11.2 Å². The van der Waals surface area contributed by atoms with E-state index >= 15 is 0 Å². The molecule has 0 aliphatic carbocycles. The van der Waals surface area contributed by atoms with Crippen LogP contribution >= 0.6 is 0 Å². The Labute approximate surface area is 88.3 Å². The van der Waals surface area contributed by atoms with Crippen molar-refractivity contribution in [2.75, 3.05) is 6.61 Å². The molecule has 1 heterocycles. The molecule has 0 saturated heterocycles. The molecule has 0 radical (unpaired) electrons. The average molecular weight is 207 g/mol. The lowest BCUT2D eigenvalue weighted by Gasteiger charge is -1.98. The Morgan fingerprint density at radius 3 is 2.93 bits per heavy atom. The van der Waals surface area contributed by atoms with Crippen molar-refractivity contribution in [3.05, 3.63) is 35.8 Å². The fourth-order valence-electron chi connectivity index (χ4n) is 1.77. The van der Waals surface area contributed by atoms with Crippen LogP contribution in [-0.2, 0) is 18.4 Å². The van der Waals surface area contributed by atoms with Gasteiger partial charge in [0, 0.05) is 30.8 Å². The van der Waals surface area contributed by atoms with Crippen LogP contribution in [0.4, 0.5) is 4.39 Å². The molecule has 3 heteroatoms. The summed E-state index contributed by atoms with van der Waals surface area (Å²) in [6.45, 7) is 3.24. The van der Waals surface area contributed by atoms with Gasteiger partial charge in [0.15, 0.2) is 0 Å². The first-order valence-electron chi connectivity index (χ1n) is 5.03. The number of fused-ring (bicyclic) bond motifs is 1. The van der Waals surface area contributed by atoms with Gasteiger partial charge in [-0.3, -0.25) is 0 Å². The minimum atomic E-state index is -0.202. The molecule has 2 aromatic rings. The average Bonchev–Trinajstić information content (AvgIpc) is 2.53. The van der Waals surface area contributed by atoms with Gasteiger partial charge in [-0.15, -0.1) is 0 Å². The first-order valence-corrected chi connectivity index (χ1v) is 5.03. The second-order valence-electron chi connectivity index (χ2n) is 3.56. The van der Waals surface area contributed by atoms with Crippen LogP contribution in [0.2, 0.25) is 0 Å². The van der Waals surface area contributed by atoms with Crippen LogP contribution in [0.5, 0.6) is 0 Å². The van der Waals surface area contributed by atoms with Gasteiger partial charge in [0.1, 0.15) is 5.82 Å². The molecule has 15 heavy (non-hydrogen) atoms. The molecule has 0 amide bonds. The van der Waals surface area contributed by atoms with Gasteiger partial charge in [0.05, 0.1) is 12.1 Å². The van der Waals surface area contributed by atoms with E-state index in [-0.39, 0.29) is 5.82 Å². The van der Waals surface area contributed by atoms with Crippen LogP contribution in [0.25, 0.3) is 10.9 Å². The second-order valence-corrected chi connectivity index (χ2v) is 3.56. The number of rotatable bonds is 3. The Morgan fingerprint density at radius 1 is 1.40 bits per heavy atom. The number of aromatic nitrogens is 1. The van der Waals surface area contributed by atoms with Gasteiger partial charge >= 0.3 is 0 Å². The third-order valence-corrected chi connectivity index (χ3v) is 2.50. The number of hydrogen-bond donors (Lipinski definition) is 0. The lowest BCUT2D eigenvalue weighted by Crippen LogP contribution is -1.90. The molecule has 0 N–H and O–H groups in total. The highest BCUT2D eigenvalue weighted by molar-refractivity contribution is 5.83. The molecule has 0 fully saturated rings. The Kier molecular flexibility index (Phi) is 2.73. The molecular weight excluding hydrogens is 193 g/mol. The highest BCUT2D eigenvalue weighted by Gasteiger charge is 2.06. The summed E-state index contributed by atoms with van der Waals surface area (Å²) in [4.78, 5) is 0. The standard InChI is InChI=1S/C12H14FNO/c1-3-15-8-9-7-14(2)12-6-10(13)4-5-11(9)12/h4-7H,3,8H2,1-2H3. The van der Waals surface area contributed by atoms with Crippen LogP contribution in [0, 0.1) is 5.82 Å². The van der Waals surface area contributed by atoms with Gasteiger partial charge in [-0.05, 0) is 25.1 Å². The zero-order valence-corrected chi connectivity index (χ0v) is 8.96. The van der Waals surface area contributed by atoms with Crippen LogP contribution < -0.4 is 0 Å². The molecule has 2 rings (SSSR count). The molecule has 0 aliphatic rings. The molecule has 0 saturated carbocycles. The molecule has 2 nitrogen and oxygen atoms in total. The van der Waals surface area contributed by atoms with Crippen LogP contribution in [0.3, 0.4) is 0 Å². The number of benzene rings is 1. The van der Waals surface area contributed by atoms with Gasteiger partial charge in [-0.1, -0.05) is 0 Å². The molecule has 0 bridgehead atoms. The van der Waals surface area contributed by atoms with E-state index in [1.165, 1.54) is 6.07 Å². The van der Waals surface area contributed by atoms with E-state index in [9.17, 15) is 4.39 Å². The summed E-state index contributed by atoms with van der Waals surface area (Å²) in [6, 6.07) is 4.83. The van der Waals surface area contributed by atoms with E-state index < -0.39 is 0 Å². The molecule has 0 unspecified atom stereocenters. The summed E-state index contributed by atoms with van der Waals surface area (Å²) in [6.07, 6.45) is 1.99.